The average molecular weight is 401 g/mol. The number of benzene rings is 1. The molecule has 3 rings (SSSR count). The second-order valence-electron chi connectivity index (χ2n) is 8.14. The first-order valence-electron chi connectivity index (χ1n) is 10.7. The zero-order valence-corrected chi connectivity index (χ0v) is 17.4. The van der Waals surface area contributed by atoms with E-state index in [4.69, 9.17) is 5.73 Å². The van der Waals surface area contributed by atoms with Crippen LogP contribution in [0.15, 0.2) is 18.2 Å². The molecule has 158 valence electrons. The van der Waals surface area contributed by atoms with E-state index in [9.17, 15) is 14.4 Å². The fraction of sp³-hybridized carbons (Fsp3) is 0.591. The number of fused-ring (bicyclic) bond motifs is 1. The van der Waals surface area contributed by atoms with Crippen molar-refractivity contribution >= 4 is 29.1 Å². The molecule has 2 aliphatic rings. The summed E-state index contributed by atoms with van der Waals surface area (Å²) < 4.78 is 0. The Balaban J connectivity index is 1.97. The van der Waals surface area contributed by atoms with Crippen molar-refractivity contribution in [3.63, 3.8) is 0 Å². The van der Waals surface area contributed by atoms with Gasteiger partial charge in [0.2, 0.25) is 11.8 Å². The number of nitrogens with two attached hydrogens (primary N) is 1. The molecule has 0 saturated heterocycles. The van der Waals surface area contributed by atoms with E-state index in [1.165, 1.54) is 0 Å². The second kappa shape index (κ2) is 9.39. The first-order valence-corrected chi connectivity index (χ1v) is 10.7. The summed E-state index contributed by atoms with van der Waals surface area (Å²) in [5.74, 6) is -0.409. The second-order valence-corrected chi connectivity index (χ2v) is 8.14. The van der Waals surface area contributed by atoms with Crippen molar-refractivity contribution in [2.75, 3.05) is 23.3 Å². The Kier molecular flexibility index (Phi) is 6.90. The van der Waals surface area contributed by atoms with Crippen LogP contribution < -0.4 is 21.3 Å². The van der Waals surface area contributed by atoms with Gasteiger partial charge in [0.15, 0.2) is 0 Å². The monoisotopic (exact) mass is 400 g/mol. The zero-order chi connectivity index (χ0) is 21.0. The summed E-state index contributed by atoms with van der Waals surface area (Å²) in [4.78, 5) is 40.5. The highest BCUT2D eigenvalue weighted by Crippen LogP contribution is 2.38. The Morgan fingerprint density at radius 3 is 2.66 bits per heavy atom. The van der Waals surface area contributed by atoms with Crippen LogP contribution in [0.25, 0.3) is 0 Å². The first-order chi connectivity index (χ1) is 14.0. The number of anilines is 2. The number of nitrogens with zero attached hydrogens (tertiary/aromatic N) is 1. The SMILES string of the molecule is CCC(C)C1C(=O)Nc2cc(C(=O)NCCN)ccc2N1C(=O)C1CCCCC1. The van der Waals surface area contributed by atoms with Gasteiger partial charge < -0.3 is 16.4 Å². The number of nitrogens with one attached hydrogen (secondary N) is 2. The smallest absolute Gasteiger partial charge is 0.251 e. The molecule has 0 spiro atoms. The summed E-state index contributed by atoms with van der Waals surface area (Å²) in [5.41, 5.74) is 7.08. The maximum Gasteiger partial charge on any atom is 0.251 e. The van der Waals surface area contributed by atoms with Gasteiger partial charge in [0, 0.05) is 24.6 Å². The molecule has 0 aromatic heterocycles. The maximum absolute atomic E-state index is 13.5. The van der Waals surface area contributed by atoms with Crippen molar-refractivity contribution < 1.29 is 14.4 Å². The zero-order valence-electron chi connectivity index (χ0n) is 17.4. The summed E-state index contributed by atoms with van der Waals surface area (Å²) in [6.45, 7) is 4.77. The Morgan fingerprint density at radius 2 is 2.00 bits per heavy atom. The molecule has 29 heavy (non-hydrogen) atoms. The van der Waals surface area contributed by atoms with Crippen LogP contribution in [0.5, 0.6) is 0 Å². The van der Waals surface area contributed by atoms with Crippen LogP contribution >= 0.6 is 0 Å². The van der Waals surface area contributed by atoms with Crippen LogP contribution in [0.3, 0.4) is 0 Å². The molecular weight excluding hydrogens is 368 g/mol. The van der Waals surface area contributed by atoms with Crippen LogP contribution in [-0.4, -0.2) is 36.9 Å². The molecule has 1 aliphatic heterocycles. The highest BCUT2D eigenvalue weighted by atomic mass is 16.2. The van der Waals surface area contributed by atoms with E-state index in [0.29, 0.717) is 30.0 Å². The van der Waals surface area contributed by atoms with Gasteiger partial charge >= 0.3 is 0 Å². The lowest BCUT2D eigenvalue weighted by atomic mass is 9.86. The third-order valence-electron chi connectivity index (χ3n) is 6.13. The van der Waals surface area contributed by atoms with Crippen molar-refractivity contribution in [3.05, 3.63) is 23.8 Å². The normalized spacial score (nSPS) is 20.6. The van der Waals surface area contributed by atoms with Gasteiger partial charge in [0.1, 0.15) is 6.04 Å². The van der Waals surface area contributed by atoms with Crippen molar-refractivity contribution in [2.45, 2.75) is 58.4 Å². The summed E-state index contributed by atoms with van der Waals surface area (Å²) in [6, 6.07) is 4.60. The van der Waals surface area contributed by atoms with Gasteiger partial charge in [-0.3, -0.25) is 19.3 Å². The van der Waals surface area contributed by atoms with Crippen LogP contribution in [-0.2, 0) is 9.59 Å². The summed E-state index contributed by atoms with van der Waals surface area (Å²) in [6.07, 6.45) is 5.81. The molecule has 1 aromatic rings. The van der Waals surface area contributed by atoms with E-state index in [2.05, 4.69) is 10.6 Å². The summed E-state index contributed by atoms with van der Waals surface area (Å²) in [7, 11) is 0. The number of hydrogen-bond acceptors (Lipinski definition) is 4. The van der Waals surface area contributed by atoms with Crippen LogP contribution in [0, 0.1) is 11.8 Å². The van der Waals surface area contributed by atoms with Crippen molar-refractivity contribution in [2.24, 2.45) is 17.6 Å². The minimum atomic E-state index is -0.529. The minimum Gasteiger partial charge on any atom is -0.351 e. The van der Waals surface area contributed by atoms with Gasteiger partial charge in [-0.1, -0.05) is 39.5 Å². The first kappa shape index (κ1) is 21.3. The number of carbonyl (C=O) groups excluding carboxylic acids is 3. The third kappa shape index (κ3) is 4.45. The summed E-state index contributed by atoms with van der Waals surface area (Å²) in [5, 5.41) is 5.66. The average Bonchev–Trinajstić information content (AvgIpc) is 2.75. The Bertz CT molecular complexity index is 773. The van der Waals surface area contributed by atoms with Crippen LogP contribution in [0.4, 0.5) is 11.4 Å². The van der Waals surface area contributed by atoms with Gasteiger partial charge in [-0.15, -0.1) is 0 Å². The molecule has 7 nitrogen and oxygen atoms in total. The molecule has 1 aliphatic carbocycles. The number of rotatable bonds is 6. The molecule has 0 bridgehead atoms. The highest BCUT2D eigenvalue weighted by molar-refractivity contribution is 6.13. The van der Waals surface area contributed by atoms with Gasteiger partial charge in [0.05, 0.1) is 11.4 Å². The van der Waals surface area contributed by atoms with Crippen LogP contribution in [0.1, 0.15) is 62.7 Å². The Labute approximate surface area is 172 Å². The predicted molar refractivity (Wildman–Crippen MR) is 114 cm³/mol. The lowest BCUT2D eigenvalue weighted by Gasteiger charge is -2.41. The molecule has 2 atom stereocenters. The Hall–Kier alpha value is -2.41. The van der Waals surface area contributed by atoms with Gasteiger partial charge in [-0.2, -0.15) is 0 Å². The molecule has 4 N–H and O–H groups in total. The predicted octanol–water partition coefficient (Wildman–Crippen LogP) is 2.66. The summed E-state index contributed by atoms with van der Waals surface area (Å²) >= 11 is 0. The minimum absolute atomic E-state index is 0.0308. The van der Waals surface area contributed by atoms with Crippen molar-refractivity contribution in [1.29, 1.82) is 0 Å². The van der Waals surface area contributed by atoms with E-state index in [1.807, 2.05) is 13.8 Å². The number of amides is 3. The van der Waals surface area contributed by atoms with Crippen LogP contribution in [0.2, 0.25) is 0 Å². The molecule has 7 heteroatoms. The quantitative estimate of drug-likeness (QED) is 0.683. The van der Waals surface area contributed by atoms with E-state index in [1.54, 1.807) is 23.1 Å². The lowest BCUT2D eigenvalue weighted by molar-refractivity contribution is -0.128. The molecular formula is C22H32N4O3. The topological polar surface area (TPSA) is 105 Å². The fourth-order valence-electron chi connectivity index (χ4n) is 4.29. The highest BCUT2D eigenvalue weighted by Gasteiger charge is 2.42. The lowest BCUT2D eigenvalue weighted by Crippen LogP contribution is -2.55. The molecule has 2 unspecified atom stereocenters. The number of hydrogen-bond donors (Lipinski definition) is 3. The Morgan fingerprint density at radius 1 is 1.28 bits per heavy atom. The van der Waals surface area contributed by atoms with E-state index >= 15 is 0 Å². The standard InChI is InChI=1S/C22H32N4O3/c1-3-14(2)19-21(28)25-17-13-16(20(27)24-12-11-23)9-10-18(17)26(19)22(29)15-7-5-4-6-8-15/h9-10,13-15,19H,3-8,11-12,23H2,1-2H3,(H,24,27)(H,25,28). The molecule has 1 fully saturated rings. The van der Waals surface area contributed by atoms with E-state index < -0.39 is 6.04 Å². The fourth-order valence-corrected chi connectivity index (χ4v) is 4.29. The number of carbonyl (C=O) groups is 3. The maximum atomic E-state index is 13.5. The van der Waals surface area contributed by atoms with E-state index in [0.717, 1.165) is 38.5 Å². The third-order valence-corrected chi connectivity index (χ3v) is 6.13. The van der Waals surface area contributed by atoms with E-state index in [-0.39, 0.29) is 29.6 Å². The van der Waals surface area contributed by atoms with Crippen molar-refractivity contribution in [1.82, 2.24) is 5.32 Å². The molecule has 0 radical (unpaired) electrons. The van der Waals surface area contributed by atoms with Gasteiger partial charge in [-0.05, 0) is 37.0 Å². The molecule has 3 amide bonds. The van der Waals surface area contributed by atoms with Gasteiger partial charge in [0.25, 0.3) is 5.91 Å². The molecule has 1 aromatic carbocycles. The largest absolute Gasteiger partial charge is 0.351 e. The van der Waals surface area contributed by atoms with Gasteiger partial charge in [-0.25, -0.2) is 0 Å². The van der Waals surface area contributed by atoms with Crippen molar-refractivity contribution in [3.8, 4) is 0 Å². The molecule has 1 heterocycles. The molecule has 1 saturated carbocycles.